The molecule has 0 bridgehead atoms. The minimum Gasteiger partial charge on any atom is -0.466 e. The first kappa shape index (κ1) is 24.6. The van der Waals surface area contributed by atoms with Gasteiger partial charge in [-0.2, -0.15) is 0 Å². The third-order valence-electron chi connectivity index (χ3n) is 4.58. The van der Waals surface area contributed by atoms with Crippen LogP contribution in [-0.2, 0) is 26.1 Å². The summed E-state index contributed by atoms with van der Waals surface area (Å²) in [5, 5.41) is 3.29. The average molecular weight is 524 g/mol. The number of benzene rings is 1. The molecule has 0 amide bonds. The molecule has 1 fully saturated rings. The highest BCUT2D eigenvalue weighted by atomic mass is 127. The van der Waals surface area contributed by atoms with Crippen LogP contribution in [-0.4, -0.2) is 59.0 Å². The summed E-state index contributed by atoms with van der Waals surface area (Å²) in [4.78, 5) is 18.5. The van der Waals surface area contributed by atoms with Crippen LogP contribution < -0.4 is 10.0 Å². The molecule has 0 saturated carbocycles. The maximum Gasteiger partial charge on any atom is 0.309 e. The monoisotopic (exact) mass is 524 g/mol. The van der Waals surface area contributed by atoms with Crippen molar-refractivity contribution in [2.75, 3.05) is 33.8 Å². The number of nitrogens with one attached hydrogen (secondary N) is 2. The number of guanidine groups is 1. The Morgan fingerprint density at radius 1 is 1.25 bits per heavy atom. The second-order valence-corrected chi connectivity index (χ2v) is 8.15. The van der Waals surface area contributed by atoms with Gasteiger partial charge in [-0.3, -0.25) is 9.79 Å². The molecule has 0 atom stereocenters. The summed E-state index contributed by atoms with van der Waals surface area (Å²) in [6, 6.07) is 6.71. The molecule has 2 rings (SSSR count). The van der Waals surface area contributed by atoms with Crippen LogP contribution in [0.3, 0.4) is 0 Å². The van der Waals surface area contributed by atoms with E-state index in [0.717, 1.165) is 37.5 Å². The van der Waals surface area contributed by atoms with E-state index in [9.17, 15) is 13.2 Å². The van der Waals surface area contributed by atoms with Gasteiger partial charge < -0.3 is 15.0 Å². The molecular weight excluding hydrogens is 495 g/mol. The van der Waals surface area contributed by atoms with E-state index in [1.165, 1.54) is 7.05 Å². The van der Waals surface area contributed by atoms with Gasteiger partial charge in [0.05, 0.1) is 17.4 Å². The summed E-state index contributed by atoms with van der Waals surface area (Å²) in [7, 11) is -0.311. The molecule has 1 saturated heterocycles. The predicted molar refractivity (Wildman–Crippen MR) is 119 cm³/mol. The van der Waals surface area contributed by atoms with Crippen LogP contribution in [0.5, 0.6) is 0 Å². The van der Waals surface area contributed by atoms with Crippen molar-refractivity contribution >= 4 is 45.9 Å². The first-order chi connectivity index (χ1) is 12.9. The van der Waals surface area contributed by atoms with Gasteiger partial charge in [0.2, 0.25) is 10.0 Å². The van der Waals surface area contributed by atoms with Gasteiger partial charge in [0, 0.05) is 26.7 Å². The van der Waals surface area contributed by atoms with E-state index >= 15 is 0 Å². The molecule has 0 unspecified atom stereocenters. The number of carbonyl (C=O) groups is 1. The number of hydrogen-bond acceptors (Lipinski definition) is 5. The van der Waals surface area contributed by atoms with Crippen LogP contribution in [0, 0.1) is 5.92 Å². The smallest absolute Gasteiger partial charge is 0.309 e. The highest BCUT2D eigenvalue weighted by molar-refractivity contribution is 14.0. The fourth-order valence-electron chi connectivity index (χ4n) is 3.00. The van der Waals surface area contributed by atoms with Gasteiger partial charge in [0.1, 0.15) is 0 Å². The van der Waals surface area contributed by atoms with Gasteiger partial charge in [0.25, 0.3) is 0 Å². The summed E-state index contributed by atoms with van der Waals surface area (Å²) in [6.07, 6.45) is 1.49. The molecule has 0 aliphatic carbocycles. The third kappa shape index (κ3) is 6.59. The normalized spacial score (nSPS) is 15.7. The van der Waals surface area contributed by atoms with Crippen molar-refractivity contribution in [3.8, 4) is 0 Å². The van der Waals surface area contributed by atoms with Gasteiger partial charge in [0.15, 0.2) is 5.96 Å². The number of carbonyl (C=O) groups excluding carboxylic acids is 1. The van der Waals surface area contributed by atoms with E-state index in [4.69, 9.17) is 4.74 Å². The Morgan fingerprint density at radius 3 is 2.36 bits per heavy atom. The molecule has 28 heavy (non-hydrogen) atoms. The van der Waals surface area contributed by atoms with Crippen molar-refractivity contribution in [3.63, 3.8) is 0 Å². The van der Waals surface area contributed by atoms with Crippen LogP contribution in [0.4, 0.5) is 0 Å². The summed E-state index contributed by atoms with van der Waals surface area (Å²) in [5.74, 6) is 0.613. The second-order valence-electron chi connectivity index (χ2n) is 6.27. The maximum atomic E-state index is 11.8. The molecule has 1 aliphatic rings. The predicted octanol–water partition coefficient (Wildman–Crippen LogP) is 1.56. The van der Waals surface area contributed by atoms with Crippen molar-refractivity contribution in [3.05, 3.63) is 29.8 Å². The molecule has 10 heteroatoms. The lowest BCUT2D eigenvalue weighted by atomic mass is 9.97. The first-order valence-corrected chi connectivity index (χ1v) is 10.5. The Hall–Kier alpha value is -1.40. The lowest BCUT2D eigenvalue weighted by molar-refractivity contribution is -0.149. The number of hydrogen-bond donors (Lipinski definition) is 2. The van der Waals surface area contributed by atoms with Crippen molar-refractivity contribution in [2.45, 2.75) is 31.2 Å². The fraction of sp³-hybridized carbons (Fsp3) is 0.556. The van der Waals surface area contributed by atoms with Gasteiger partial charge >= 0.3 is 5.97 Å². The van der Waals surface area contributed by atoms with Crippen LogP contribution in [0.25, 0.3) is 0 Å². The minimum absolute atomic E-state index is 0. The zero-order valence-corrected chi connectivity index (χ0v) is 19.6. The molecule has 8 nitrogen and oxygen atoms in total. The minimum atomic E-state index is -3.42. The van der Waals surface area contributed by atoms with E-state index in [1.54, 1.807) is 31.3 Å². The van der Waals surface area contributed by atoms with Gasteiger partial charge in [-0.05, 0) is 44.5 Å². The molecule has 1 aromatic carbocycles. The standard InChI is InChI=1S/C18H28N4O4S.HI/c1-4-26-17(23)15-9-11-22(12-10-15)18(19-2)21-13-14-5-7-16(8-6-14)27(24,25)20-3;/h5-8,15,20H,4,9-13H2,1-3H3,(H,19,21);1H. The summed E-state index contributed by atoms with van der Waals surface area (Å²) in [5.41, 5.74) is 0.951. The topological polar surface area (TPSA) is 100 Å². The number of aliphatic imine (C=N–C) groups is 1. The third-order valence-corrected chi connectivity index (χ3v) is 6.01. The van der Waals surface area contributed by atoms with E-state index in [2.05, 4.69) is 19.9 Å². The SMILES string of the molecule is CCOC(=O)C1CCN(C(=NC)NCc2ccc(S(=O)(=O)NC)cc2)CC1.I. The molecule has 1 aliphatic heterocycles. The Morgan fingerprint density at radius 2 is 1.86 bits per heavy atom. The highest BCUT2D eigenvalue weighted by Crippen LogP contribution is 2.19. The molecule has 0 radical (unpaired) electrons. The lowest BCUT2D eigenvalue weighted by Gasteiger charge is -2.33. The van der Waals surface area contributed by atoms with E-state index in [1.807, 2.05) is 6.92 Å². The van der Waals surface area contributed by atoms with Crippen LogP contribution in [0.1, 0.15) is 25.3 Å². The summed E-state index contributed by atoms with van der Waals surface area (Å²) >= 11 is 0. The second kappa shape index (κ2) is 11.6. The zero-order valence-electron chi connectivity index (χ0n) is 16.5. The lowest BCUT2D eigenvalue weighted by Crippen LogP contribution is -2.46. The Labute approximate surface area is 184 Å². The van der Waals surface area contributed by atoms with Crippen LogP contribution in [0.15, 0.2) is 34.2 Å². The number of rotatable bonds is 6. The Kier molecular flexibility index (Phi) is 10.2. The maximum absolute atomic E-state index is 11.8. The van der Waals surface area contributed by atoms with E-state index in [0.29, 0.717) is 13.2 Å². The van der Waals surface area contributed by atoms with E-state index < -0.39 is 10.0 Å². The molecular formula is C18H29IN4O4S. The van der Waals surface area contributed by atoms with Crippen molar-refractivity contribution in [1.82, 2.24) is 14.9 Å². The number of halogens is 1. The summed E-state index contributed by atoms with van der Waals surface area (Å²) in [6.45, 7) is 4.24. The fourth-order valence-corrected chi connectivity index (χ4v) is 3.73. The largest absolute Gasteiger partial charge is 0.466 e. The molecule has 158 valence electrons. The molecule has 2 N–H and O–H groups in total. The Balaban J connectivity index is 0.00000392. The number of ether oxygens (including phenoxy) is 1. The van der Waals surface area contributed by atoms with Gasteiger partial charge in [-0.25, -0.2) is 13.1 Å². The van der Waals surface area contributed by atoms with Gasteiger partial charge in [-0.1, -0.05) is 12.1 Å². The quantitative estimate of drug-likeness (QED) is 0.254. The van der Waals surface area contributed by atoms with E-state index in [-0.39, 0.29) is 40.8 Å². The van der Waals surface area contributed by atoms with Crippen molar-refractivity contribution in [1.29, 1.82) is 0 Å². The number of likely N-dealkylation sites (tertiary alicyclic amines) is 1. The Bertz CT molecular complexity index is 760. The highest BCUT2D eigenvalue weighted by Gasteiger charge is 2.27. The van der Waals surface area contributed by atoms with Crippen molar-refractivity contribution in [2.24, 2.45) is 10.9 Å². The first-order valence-electron chi connectivity index (χ1n) is 9.06. The number of nitrogens with zero attached hydrogens (tertiary/aromatic N) is 2. The number of sulfonamides is 1. The van der Waals surface area contributed by atoms with Gasteiger partial charge in [-0.15, -0.1) is 24.0 Å². The van der Waals surface area contributed by atoms with Crippen molar-refractivity contribution < 1.29 is 17.9 Å². The summed E-state index contributed by atoms with van der Waals surface area (Å²) < 4.78 is 30.9. The molecule has 0 aromatic heterocycles. The average Bonchev–Trinajstić information content (AvgIpc) is 2.69. The van der Waals surface area contributed by atoms with Crippen LogP contribution in [0.2, 0.25) is 0 Å². The number of piperidine rings is 1. The van der Waals surface area contributed by atoms with Crippen LogP contribution >= 0.6 is 24.0 Å². The molecule has 1 aromatic rings. The zero-order chi connectivity index (χ0) is 19.9. The number of esters is 1. The molecule has 1 heterocycles. The molecule has 0 spiro atoms.